The second-order valence-electron chi connectivity index (χ2n) is 6.83. The zero-order chi connectivity index (χ0) is 21.7. The fourth-order valence-corrected chi connectivity index (χ4v) is 3.99. The number of benzene rings is 2. The Hall–Kier alpha value is -2.97. The molecule has 0 saturated carbocycles. The maximum Gasteiger partial charge on any atom is 0.338 e. The summed E-state index contributed by atoms with van der Waals surface area (Å²) in [5.41, 5.74) is 1.24. The van der Waals surface area contributed by atoms with E-state index < -0.39 is 5.97 Å². The number of rotatable bonds is 8. The zero-order valence-corrected chi connectivity index (χ0v) is 18.4. The highest BCUT2D eigenvalue weighted by Gasteiger charge is 2.26. The Morgan fingerprint density at radius 1 is 1.03 bits per heavy atom. The van der Waals surface area contributed by atoms with Crippen molar-refractivity contribution in [3.63, 3.8) is 0 Å². The van der Waals surface area contributed by atoms with Crippen molar-refractivity contribution < 1.29 is 19.1 Å². The molecule has 7 nitrogen and oxygen atoms in total. The number of esters is 1. The predicted octanol–water partition coefficient (Wildman–Crippen LogP) is 3.69. The SMILES string of the molecule is CCOc1cccc2sc(N(CCN(C)C)C(=O)c3ccccc3C(=O)OC)nc12. The Balaban J connectivity index is 2.06. The van der Waals surface area contributed by atoms with Crippen molar-refractivity contribution in [3.05, 3.63) is 53.6 Å². The standard InChI is InChI=1S/C22H25N3O4S/c1-5-29-17-11-8-12-18-19(17)23-22(30-18)25(14-13-24(2)3)20(26)15-9-6-7-10-16(15)21(27)28-4/h6-12H,5,13-14H2,1-4H3. The minimum atomic E-state index is -0.547. The van der Waals surface area contributed by atoms with E-state index in [1.165, 1.54) is 18.4 Å². The van der Waals surface area contributed by atoms with Crippen LogP contribution in [0.15, 0.2) is 42.5 Å². The molecule has 2 aromatic carbocycles. The Bertz CT molecular complexity index is 1050. The third-order valence-corrected chi connectivity index (χ3v) is 5.52. The van der Waals surface area contributed by atoms with E-state index in [2.05, 4.69) is 0 Å². The van der Waals surface area contributed by atoms with Gasteiger partial charge in [0, 0.05) is 13.1 Å². The van der Waals surface area contributed by atoms with Crippen molar-refractivity contribution >= 4 is 38.6 Å². The zero-order valence-electron chi connectivity index (χ0n) is 17.5. The molecule has 0 radical (unpaired) electrons. The number of likely N-dealkylation sites (N-methyl/N-ethyl adjacent to an activating group) is 1. The molecule has 1 amide bonds. The topological polar surface area (TPSA) is 72.0 Å². The summed E-state index contributed by atoms with van der Waals surface area (Å²) < 4.78 is 11.5. The first-order valence-corrected chi connectivity index (χ1v) is 10.4. The molecule has 30 heavy (non-hydrogen) atoms. The third-order valence-electron chi connectivity index (χ3n) is 4.48. The number of carbonyl (C=O) groups excluding carboxylic acids is 2. The molecule has 0 aliphatic heterocycles. The Kier molecular flexibility index (Phi) is 7.02. The summed E-state index contributed by atoms with van der Waals surface area (Å²) in [5.74, 6) is -0.156. The van der Waals surface area contributed by atoms with Gasteiger partial charge in [-0.2, -0.15) is 0 Å². The number of para-hydroxylation sites is 1. The van der Waals surface area contributed by atoms with Gasteiger partial charge in [-0.05, 0) is 45.3 Å². The van der Waals surface area contributed by atoms with Crippen LogP contribution in [0, 0.1) is 0 Å². The van der Waals surface area contributed by atoms with Gasteiger partial charge in [-0.25, -0.2) is 9.78 Å². The number of anilines is 1. The smallest absolute Gasteiger partial charge is 0.338 e. The summed E-state index contributed by atoms with van der Waals surface area (Å²) >= 11 is 1.42. The maximum atomic E-state index is 13.5. The number of thiazole rings is 1. The molecule has 0 aliphatic rings. The molecule has 0 unspecified atom stereocenters. The van der Waals surface area contributed by atoms with E-state index in [9.17, 15) is 9.59 Å². The first-order chi connectivity index (χ1) is 14.5. The molecule has 8 heteroatoms. The van der Waals surface area contributed by atoms with Crippen LogP contribution in [0.3, 0.4) is 0 Å². The van der Waals surface area contributed by atoms with Crippen LogP contribution in [0.25, 0.3) is 10.2 Å². The van der Waals surface area contributed by atoms with Crippen molar-refractivity contribution in [1.29, 1.82) is 0 Å². The molecule has 1 aromatic heterocycles. The van der Waals surface area contributed by atoms with E-state index in [1.807, 2.05) is 44.1 Å². The Morgan fingerprint density at radius 2 is 1.77 bits per heavy atom. The quantitative estimate of drug-likeness (QED) is 0.511. The number of hydrogen-bond donors (Lipinski definition) is 0. The predicted molar refractivity (Wildman–Crippen MR) is 119 cm³/mol. The summed E-state index contributed by atoms with van der Waals surface area (Å²) in [5, 5.41) is 0.559. The van der Waals surface area contributed by atoms with Gasteiger partial charge in [0.25, 0.3) is 5.91 Å². The van der Waals surface area contributed by atoms with Gasteiger partial charge in [0.05, 0.1) is 29.5 Å². The van der Waals surface area contributed by atoms with Crippen LogP contribution in [0.5, 0.6) is 5.75 Å². The van der Waals surface area contributed by atoms with Gasteiger partial charge in [-0.15, -0.1) is 0 Å². The number of fused-ring (bicyclic) bond motifs is 1. The molecule has 1 heterocycles. The van der Waals surface area contributed by atoms with Crippen LogP contribution in [0.1, 0.15) is 27.6 Å². The van der Waals surface area contributed by atoms with E-state index in [0.29, 0.717) is 30.6 Å². The molecule has 0 spiro atoms. The molecule has 0 fully saturated rings. The lowest BCUT2D eigenvalue weighted by Crippen LogP contribution is -2.37. The van der Waals surface area contributed by atoms with Gasteiger partial charge in [0.15, 0.2) is 5.13 Å². The van der Waals surface area contributed by atoms with Gasteiger partial charge in [0.2, 0.25) is 0 Å². The number of carbonyl (C=O) groups is 2. The van der Waals surface area contributed by atoms with E-state index >= 15 is 0 Å². The molecule has 0 bridgehead atoms. The number of nitrogens with zero attached hydrogens (tertiary/aromatic N) is 3. The van der Waals surface area contributed by atoms with Gasteiger partial charge in [-0.3, -0.25) is 9.69 Å². The van der Waals surface area contributed by atoms with Crippen molar-refractivity contribution in [2.24, 2.45) is 0 Å². The molecular formula is C22H25N3O4S. The monoisotopic (exact) mass is 427 g/mol. The van der Waals surface area contributed by atoms with E-state index in [-0.39, 0.29) is 17.0 Å². The van der Waals surface area contributed by atoms with Crippen molar-refractivity contribution in [3.8, 4) is 5.75 Å². The summed E-state index contributed by atoms with van der Waals surface area (Å²) in [6.07, 6.45) is 0. The van der Waals surface area contributed by atoms with Crippen LogP contribution < -0.4 is 9.64 Å². The molecule has 158 valence electrons. The van der Waals surface area contributed by atoms with Crippen molar-refractivity contribution in [2.45, 2.75) is 6.92 Å². The summed E-state index contributed by atoms with van der Waals surface area (Å²) in [6.45, 7) is 3.51. The normalized spacial score (nSPS) is 11.0. The van der Waals surface area contributed by atoms with Gasteiger partial charge in [0.1, 0.15) is 11.3 Å². The fourth-order valence-electron chi connectivity index (χ4n) is 2.99. The van der Waals surface area contributed by atoms with E-state index in [1.54, 1.807) is 29.2 Å². The van der Waals surface area contributed by atoms with E-state index in [0.717, 1.165) is 10.2 Å². The first-order valence-electron chi connectivity index (χ1n) is 9.62. The average molecular weight is 428 g/mol. The molecule has 0 N–H and O–H groups in total. The van der Waals surface area contributed by atoms with Crippen LogP contribution in [-0.2, 0) is 4.74 Å². The van der Waals surface area contributed by atoms with E-state index in [4.69, 9.17) is 14.5 Å². The number of aromatic nitrogens is 1. The van der Waals surface area contributed by atoms with Crippen LogP contribution >= 0.6 is 11.3 Å². The van der Waals surface area contributed by atoms with Crippen LogP contribution in [0.2, 0.25) is 0 Å². The fraction of sp³-hybridized carbons (Fsp3) is 0.318. The van der Waals surface area contributed by atoms with Gasteiger partial charge >= 0.3 is 5.97 Å². The number of hydrogen-bond acceptors (Lipinski definition) is 7. The molecular weight excluding hydrogens is 402 g/mol. The van der Waals surface area contributed by atoms with Gasteiger partial charge in [-0.1, -0.05) is 29.5 Å². The summed E-state index contributed by atoms with van der Waals surface area (Å²) in [6, 6.07) is 12.4. The first kappa shape index (κ1) is 21.7. The number of ether oxygens (including phenoxy) is 2. The Labute approximate surface area is 179 Å². The minimum Gasteiger partial charge on any atom is -0.492 e. The lowest BCUT2D eigenvalue weighted by atomic mass is 10.1. The van der Waals surface area contributed by atoms with Crippen LogP contribution in [0.4, 0.5) is 5.13 Å². The highest BCUT2D eigenvalue weighted by molar-refractivity contribution is 7.22. The molecule has 3 aromatic rings. The lowest BCUT2D eigenvalue weighted by molar-refractivity contribution is 0.0597. The highest BCUT2D eigenvalue weighted by atomic mass is 32.1. The lowest BCUT2D eigenvalue weighted by Gasteiger charge is -2.22. The third kappa shape index (κ3) is 4.60. The second-order valence-corrected chi connectivity index (χ2v) is 7.84. The van der Waals surface area contributed by atoms with Crippen molar-refractivity contribution in [1.82, 2.24) is 9.88 Å². The number of amides is 1. The summed E-state index contributed by atoms with van der Waals surface area (Å²) in [7, 11) is 5.18. The van der Waals surface area contributed by atoms with Crippen molar-refractivity contribution in [2.75, 3.05) is 45.8 Å². The van der Waals surface area contributed by atoms with Crippen LogP contribution in [-0.4, -0.2) is 62.7 Å². The molecule has 0 saturated heterocycles. The molecule has 0 atom stereocenters. The minimum absolute atomic E-state index is 0.232. The average Bonchev–Trinajstić information content (AvgIpc) is 3.18. The Morgan fingerprint density at radius 3 is 2.43 bits per heavy atom. The largest absolute Gasteiger partial charge is 0.492 e. The number of methoxy groups -OCH3 is 1. The molecule has 0 aliphatic carbocycles. The highest BCUT2D eigenvalue weighted by Crippen LogP contribution is 2.35. The second kappa shape index (κ2) is 9.69. The van der Waals surface area contributed by atoms with Gasteiger partial charge < -0.3 is 14.4 Å². The maximum absolute atomic E-state index is 13.5. The molecule has 3 rings (SSSR count). The summed E-state index contributed by atoms with van der Waals surface area (Å²) in [4.78, 5) is 34.0.